The number of terminal acetylenes is 1. The van der Waals surface area contributed by atoms with Gasteiger partial charge in [-0.25, -0.2) is 0 Å². The van der Waals surface area contributed by atoms with Gasteiger partial charge in [-0.15, -0.1) is 6.42 Å². The number of amides is 1. The fourth-order valence-electron chi connectivity index (χ4n) is 0.966. The van der Waals surface area contributed by atoms with Crippen LogP contribution in [0.3, 0.4) is 0 Å². The summed E-state index contributed by atoms with van der Waals surface area (Å²) in [6.45, 7) is 3.94. The quantitative estimate of drug-likeness (QED) is 0.591. The van der Waals surface area contributed by atoms with E-state index in [9.17, 15) is 4.79 Å². The van der Waals surface area contributed by atoms with Crippen molar-refractivity contribution in [3.05, 3.63) is 0 Å². The van der Waals surface area contributed by atoms with Gasteiger partial charge in [-0.05, 0) is 13.3 Å². The van der Waals surface area contributed by atoms with E-state index in [0.29, 0.717) is 6.42 Å². The maximum Gasteiger partial charge on any atom is 0.240 e. The summed E-state index contributed by atoms with van der Waals surface area (Å²) in [4.78, 5) is 11.3. The molecule has 0 aliphatic rings. The predicted molar refractivity (Wildman–Crippen MR) is 49.3 cm³/mol. The van der Waals surface area contributed by atoms with E-state index in [1.807, 2.05) is 6.92 Å². The van der Waals surface area contributed by atoms with Gasteiger partial charge in [0.2, 0.25) is 5.91 Å². The Morgan fingerprint density at radius 2 is 2.33 bits per heavy atom. The summed E-state index contributed by atoms with van der Waals surface area (Å²) in [6.07, 6.45) is 6.54. The third-order valence-electron chi connectivity index (χ3n) is 1.64. The van der Waals surface area contributed by atoms with E-state index in [0.717, 1.165) is 6.42 Å². The zero-order valence-electron chi connectivity index (χ0n) is 7.68. The largest absolute Gasteiger partial charge is 0.344 e. The molecule has 1 atom stereocenters. The molecule has 12 heavy (non-hydrogen) atoms. The Hall–Kier alpha value is -1.01. The van der Waals surface area contributed by atoms with Crippen molar-refractivity contribution in [1.29, 1.82) is 0 Å². The Morgan fingerprint density at radius 1 is 1.75 bits per heavy atom. The Bertz CT molecular complexity index is 191. The summed E-state index contributed by atoms with van der Waals surface area (Å²) in [5.74, 6) is 2.15. The second kappa shape index (κ2) is 4.78. The van der Waals surface area contributed by atoms with Crippen molar-refractivity contribution >= 4 is 5.91 Å². The lowest BCUT2D eigenvalue weighted by atomic mass is 9.97. The van der Waals surface area contributed by atoms with E-state index in [2.05, 4.69) is 11.2 Å². The van der Waals surface area contributed by atoms with Gasteiger partial charge in [-0.3, -0.25) is 4.79 Å². The number of hydrogen-bond donors (Lipinski definition) is 2. The molecule has 3 heteroatoms. The number of nitrogens with two attached hydrogens (primary N) is 1. The molecule has 0 aromatic carbocycles. The molecule has 0 bridgehead atoms. The second-order valence-corrected chi connectivity index (χ2v) is 3.05. The third kappa shape index (κ3) is 3.40. The summed E-state index contributed by atoms with van der Waals surface area (Å²) >= 11 is 0. The van der Waals surface area contributed by atoms with Crippen LogP contribution in [0, 0.1) is 12.3 Å². The van der Waals surface area contributed by atoms with Crippen molar-refractivity contribution in [1.82, 2.24) is 5.32 Å². The van der Waals surface area contributed by atoms with Gasteiger partial charge in [-0.2, -0.15) is 0 Å². The molecule has 0 rings (SSSR count). The molecule has 3 N–H and O–H groups in total. The molecular weight excluding hydrogens is 152 g/mol. The van der Waals surface area contributed by atoms with E-state index in [4.69, 9.17) is 12.2 Å². The zero-order valence-corrected chi connectivity index (χ0v) is 7.68. The van der Waals surface area contributed by atoms with Crippen molar-refractivity contribution in [2.45, 2.75) is 32.2 Å². The minimum absolute atomic E-state index is 0.178. The van der Waals surface area contributed by atoms with Gasteiger partial charge in [0, 0.05) is 0 Å². The summed E-state index contributed by atoms with van der Waals surface area (Å²) in [5.41, 5.74) is 4.94. The Labute approximate surface area is 73.7 Å². The van der Waals surface area contributed by atoms with Crippen molar-refractivity contribution in [3.63, 3.8) is 0 Å². The molecule has 0 heterocycles. The lowest BCUT2D eigenvalue weighted by Gasteiger charge is -2.21. The molecular formula is C9H16N2O. The summed E-state index contributed by atoms with van der Waals surface area (Å²) in [7, 11) is 0. The standard InChI is InChI=1S/C9H16N2O/c1-4-6-9(3,10)8(12)11-7-5-2/h2H,4,6-7,10H2,1,3H3,(H,11,12). The smallest absolute Gasteiger partial charge is 0.240 e. The van der Waals surface area contributed by atoms with E-state index in [1.165, 1.54) is 0 Å². The zero-order chi connectivity index (χ0) is 9.61. The molecule has 68 valence electrons. The molecule has 0 radical (unpaired) electrons. The van der Waals surface area contributed by atoms with Crippen LogP contribution in [0.25, 0.3) is 0 Å². The Balaban J connectivity index is 3.99. The molecule has 0 aromatic heterocycles. The number of nitrogens with one attached hydrogen (secondary N) is 1. The second-order valence-electron chi connectivity index (χ2n) is 3.05. The SMILES string of the molecule is C#CCNC(=O)C(C)(N)CCC. The normalized spacial score (nSPS) is 14.5. The third-order valence-corrected chi connectivity index (χ3v) is 1.64. The minimum atomic E-state index is -0.786. The molecule has 3 nitrogen and oxygen atoms in total. The Kier molecular flexibility index (Phi) is 4.38. The molecule has 0 aromatic rings. The molecule has 0 aliphatic heterocycles. The summed E-state index contributed by atoms with van der Waals surface area (Å²) in [6, 6.07) is 0. The molecule has 0 aliphatic carbocycles. The van der Waals surface area contributed by atoms with Crippen molar-refractivity contribution in [3.8, 4) is 12.3 Å². The highest BCUT2D eigenvalue weighted by Gasteiger charge is 2.26. The van der Waals surface area contributed by atoms with Crippen LogP contribution in [0.1, 0.15) is 26.7 Å². The topological polar surface area (TPSA) is 55.1 Å². The highest BCUT2D eigenvalue weighted by molar-refractivity contribution is 5.85. The maximum absolute atomic E-state index is 11.3. The first-order chi connectivity index (χ1) is 5.54. The number of carbonyl (C=O) groups excluding carboxylic acids is 1. The Morgan fingerprint density at radius 3 is 2.75 bits per heavy atom. The van der Waals surface area contributed by atoms with Crippen molar-refractivity contribution in [2.75, 3.05) is 6.54 Å². The minimum Gasteiger partial charge on any atom is -0.344 e. The average molecular weight is 168 g/mol. The predicted octanol–water partition coefficient (Wildman–Crippen LogP) is 0.253. The lowest BCUT2D eigenvalue weighted by molar-refractivity contribution is -0.125. The van der Waals surface area contributed by atoms with Crippen LogP contribution in [0.15, 0.2) is 0 Å². The van der Waals surface area contributed by atoms with E-state index >= 15 is 0 Å². The lowest BCUT2D eigenvalue weighted by Crippen LogP contribution is -2.51. The summed E-state index contributed by atoms with van der Waals surface area (Å²) < 4.78 is 0. The number of rotatable bonds is 4. The highest BCUT2D eigenvalue weighted by atomic mass is 16.2. The monoisotopic (exact) mass is 168 g/mol. The van der Waals surface area contributed by atoms with Gasteiger partial charge in [0.15, 0.2) is 0 Å². The van der Waals surface area contributed by atoms with Crippen LogP contribution < -0.4 is 11.1 Å². The van der Waals surface area contributed by atoms with Gasteiger partial charge >= 0.3 is 0 Å². The molecule has 1 unspecified atom stereocenters. The first-order valence-corrected chi connectivity index (χ1v) is 4.05. The van der Waals surface area contributed by atoms with Crippen molar-refractivity contribution in [2.24, 2.45) is 5.73 Å². The van der Waals surface area contributed by atoms with E-state index in [-0.39, 0.29) is 12.5 Å². The van der Waals surface area contributed by atoms with E-state index < -0.39 is 5.54 Å². The van der Waals surface area contributed by atoms with Crippen LogP contribution in [0.4, 0.5) is 0 Å². The van der Waals surface area contributed by atoms with Crippen LogP contribution >= 0.6 is 0 Å². The van der Waals surface area contributed by atoms with Crippen LogP contribution in [-0.4, -0.2) is 18.0 Å². The van der Waals surface area contributed by atoms with Gasteiger partial charge in [-0.1, -0.05) is 19.3 Å². The molecule has 0 spiro atoms. The number of hydrogen-bond acceptors (Lipinski definition) is 2. The molecule has 0 saturated carbocycles. The number of carbonyl (C=O) groups is 1. The van der Waals surface area contributed by atoms with E-state index in [1.54, 1.807) is 6.92 Å². The van der Waals surface area contributed by atoms with Crippen molar-refractivity contribution < 1.29 is 4.79 Å². The van der Waals surface area contributed by atoms with Crippen LogP contribution in [-0.2, 0) is 4.79 Å². The fraction of sp³-hybridized carbons (Fsp3) is 0.667. The highest BCUT2D eigenvalue weighted by Crippen LogP contribution is 2.07. The first kappa shape index (κ1) is 11.0. The summed E-state index contributed by atoms with van der Waals surface area (Å²) in [5, 5.41) is 2.56. The van der Waals surface area contributed by atoms with Gasteiger partial charge < -0.3 is 11.1 Å². The molecule has 1 amide bonds. The first-order valence-electron chi connectivity index (χ1n) is 4.05. The van der Waals surface area contributed by atoms with Gasteiger partial charge in [0.1, 0.15) is 0 Å². The fourth-order valence-corrected chi connectivity index (χ4v) is 0.966. The van der Waals surface area contributed by atoms with Crippen LogP contribution in [0.5, 0.6) is 0 Å². The molecule has 0 saturated heterocycles. The van der Waals surface area contributed by atoms with Gasteiger partial charge in [0.05, 0.1) is 12.1 Å². The van der Waals surface area contributed by atoms with Crippen LogP contribution in [0.2, 0.25) is 0 Å². The molecule has 0 fully saturated rings. The van der Waals surface area contributed by atoms with Gasteiger partial charge in [0.25, 0.3) is 0 Å². The average Bonchev–Trinajstić information content (AvgIpc) is 2.00. The maximum atomic E-state index is 11.3.